The SMILES string of the molecule is CO[C@@H](C)c1ncccc1-c1c2c3cc(ccc3n1C1COC1)-c1csc(n1)C[C@H](NC(=O)[C@H]1[C@H](C)[C@@H]1C)C(=O)N1CCC[C@H](N1)C(=O)OCC(C)(C)C2. The van der Waals surface area contributed by atoms with Gasteiger partial charge in [0.1, 0.15) is 12.1 Å². The Hall–Kier alpha value is -4.17. The molecule has 2 N–H and O–H groups in total. The van der Waals surface area contributed by atoms with Crippen molar-refractivity contribution in [2.45, 2.75) is 84.5 Å². The second-order valence-corrected chi connectivity index (χ2v) is 17.3. The molecule has 1 aliphatic carbocycles. The molecule has 0 unspecified atom stereocenters. The molecule has 54 heavy (non-hydrogen) atoms. The van der Waals surface area contributed by atoms with E-state index in [1.807, 2.05) is 18.4 Å². The summed E-state index contributed by atoms with van der Waals surface area (Å²) in [5.74, 6) is -0.382. The van der Waals surface area contributed by atoms with Gasteiger partial charge in [0.25, 0.3) is 5.91 Å². The minimum absolute atomic E-state index is 0.116. The van der Waals surface area contributed by atoms with E-state index >= 15 is 0 Å². The van der Waals surface area contributed by atoms with E-state index in [2.05, 4.69) is 67.3 Å². The van der Waals surface area contributed by atoms with Crippen molar-refractivity contribution in [1.82, 2.24) is 30.3 Å². The molecule has 6 atom stereocenters. The van der Waals surface area contributed by atoms with Gasteiger partial charge in [0.05, 0.1) is 54.1 Å². The monoisotopic (exact) mass is 754 g/mol. The minimum atomic E-state index is -0.838. The number of fused-ring (bicyclic) bond motifs is 6. The number of hydrogen-bond acceptors (Lipinski definition) is 10. The number of methoxy groups -OCH3 is 1. The second-order valence-electron chi connectivity index (χ2n) is 16.3. The predicted octanol–water partition coefficient (Wildman–Crippen LogP) is 5.66. The number of benzene rings is 1. The minimum Gasteiger partial charge on any atom is -0.464 e. The van der Waals surface area contributed by atoms with Crippen LogP contribution in [0.15, 0.2) is 41.9 Å². The summed E-state index contributed by atoms with van der Waals surface area (Å²) in [4.78, 5) is 51.1. The highest BCUT2D eigenvalue weighted by Gasteiger charge is 2.49. The lowest BCUT2D eigenvalue weighted by Gasteiger charge is -2.35. The number of nitrogens with zero attached hydrogens (tertiary/aromatic N) is 4. The Labute approximate surface area is 319 Å². The van der Waals surface area contributed by atoms with E-state index in [-0.39, 0.29) is 54.7 Å². The van der Waals surface area contributed by atoms with Crippen molar-refractivity contribution >= 4 is 40.0 Å². The van der Waals surface area contributed by atoms with Gasteiger partial charge in [-0.25, -0.2) is 10.4 Å². The lowest BCUT2D eigenvalue weighted by molar-refractivity contribution is -0.155. The van der Waals surface area contributed by atoms with Crippen LogP contribution in [0.5, 0.6) is 0 Å². The van der Waals surface area contributed by atoms with E-state index in [1.54, 1.807) is 13.3 Å². The zero-order valence-electron chi connectivity index (χ0n) is 31.9. The average Bonchev–Trinajstić information content (AvgIpc) is 3.41. The number of pyridine rings is 1. The van der Waals surface area contributed by atoms with Crippen molar-refractivity contribution in [3.8, 4) is 22.5 Å². The number of carbonyl (C=O) groups is 3. The molecular formula is C41H50N6O6S. The van der Waals surface area contributed by atoms with Crippen molar-refractivity contribution < 1.29 is 28.6 Å². The summed E-state index contributed by atoms with van der Waals surface area (Å²) in [6, 6.07) is 9.18. The number of thiazole rings is 1. The Morgan fingerprint density at radius 3 is 2.69 bits per heavy atom. The number of aromatic nitrogens is 3. The summed E-state index contributed by atoms with van der Waals surface area (Å²) in [6.07, 6.45) is 3.58. The van der Waals surface area contributed by atoms with Crippen molar-refractivity contribution in [3.05, 3.63) is 58.2 Å². The molecule has 6 bridgehead atoms. The zero-order valence-corrected chi connectivity index (χ0v) is 32.7. The van der Waals surface area contributed by atoms with Crippen LogP contribution in [0, 0.1) is 23.2 Å². The maximum Gasteiger partial charge on any atom is 0.324 e. The van der Waals surface area contributed by atoms with Gasteiger partial charge < -0.3 is 24.1 Å². The largest absolute Gasteiger partial charge is 0.464 e. The number of amides is 2. The zero-order chi connectivity index (χ0) is 37.9. The molecule has 2 saturated heterocycles. The third-order valence-electron chi connectivity index (χ3n) is 11.9. The topological polar surface area (TPSA) is 137 Å². The quantitative estimate of drug-likeness (QED) is 0.239. The number of hydrazine groups is 1. The van der Waals surface area contributed by atoms with Gasteiger partial charge in [-0.2, -0.15) is 0 Å². The van der Waals surface area contributed by atoms with E-state index < -0.39 is 23.5 Å². The number of nitrogens with one attached hydrogen (secondary N) is 2. The van der Waals surface area contributed by atoms with Gasteiger partial charge >= 0.3 is 5.97 Å². The van der Waals surface area contributed by atoms with Crippen LogP contribution in [0.25, 0.3) is 33.4 Å². The number of esters is 1. The maximum atomic E-state index is 14.1. The smallest absolute Gasteiger partial charge is 0.324 e. The van der Waals surface area contributed by atoms with Crippen LogP contribution in [0.2, 0.25) is 0 Å². The molecule has 3 aliphatic heterocycles. The first-order chi connectivity index (χ1) is 25.9. The molecule has 0 spiro atoms. The summed E-state index contributed by atoms with van der Waals surface area (Å²) in [5, 5.41) is 8.43. The standard InChI is InChI=1S/C41H50N6O6S/c1-22-23(2)35(22)38(48)44-31-16-34-43-32(20-54-34)25-11-12-33-28(15-25)29(17-41(4,5)21-53-40(50)30-10-8-14-46(45-30)39(31)49)37(47(33)26-18-52-19-26)27-9-7-13-42-36(27)24(3)51-6/h7,9,11-13,15,20,22-24,26,30-31,35,45H,8,10,14,16-19,21H2,1-6H3,(H,44,48)/t22-,23+,24-,30-,31-,35+/m0/s1. The van der Waals surface area contributed by atoms with Crippen LogP contribution in [0.4, 0.5) is 0 Å². The third kappa shape index (κ3) is 6.84. The van der Waals surface area contributed by atoms with Gasteiger partial charge in [-0.3, -0.25) is 24.4 Å². The van der Waals surface area contributed by atoms with Gasteiger partial charge in [0, 0.05) is 65.0 Å². The molecule has 2 amide bonds. The normalized spacial score (nSPS) is 26.5. The lowest BCUT2D eigenvalue weighted by atomic mass is 9.84. The van der Waals surface area contributed by atoms with E-state index in [1.165, 1.54) is 16.3 Å². The highest BCUT2D eigenvalue weighted by atomic mass is 32.1. The summed E-state index contributed by atoms with van der Waals surface area (Å²) in [7, 11) is 1.70. The van der Waals surface area contributed by atoms with E-state index in [0.29, 0.717) is 39.0 Å². The van der Waals surface area contributed by atoms with Gasteiger partial charge in [-0.1, -0.05) is 33.8 Å². The summed E-state index contributed by atoms with van der Waals surface area (Å²) >= 11 is 1.48. The molecule has 1 aromatic carbocycles. The van der Waals surface area contributed by atoms with E-state index in [4.69, 9.17) is 24.2 Å². The van der Waals surface area contributed by atoms with Crippen LogP contribution >= 0.6 is 11.3 Å². The Balaban J connectivity index is 1.26. The van der Waals surface area contributed by atoms with Crippen LogP contribution in [0.1, 0.15) is 75.9 Å². The fraction of sp³-hybridized carbons (Fsp3) is 0.537. The molecular weight excluding hydrogens is 705 g/mol. The Bertz CT molecular complexity index is 2080. The molecule has 13 heteroatoms. The average molecular weight is 755 g/mol. The maximum absolute atomic E-state index is 14.1. The Morgan fingerprint density at radius 1 is 1.17 bits per heavy atom. The molecule has 12 nitrogen and oxygen atoms in total. The van der Waals surface area contributed by atoms with Gasteiger partial charge in [-0.15, -0.1) is 11.3 Å². The molecule has 4 aliphatic rings. The fourth-order valence-corrected chi connectivity index (χ4v) is 9.19. The van der Waals surface area contributed by atoms with Crippen LogP contribution < -0.4 is 10.7 Å². The first-order valence-corrected chi connectivity index (χ1v) is 20.0. The summed E-state index contributed by atoms with van der Waals surface area (Å²) in [5.41, 5.74) is 9.58. The van der Waals surface area contributed by atoms with Crippen molar-refractivity contribution in [1.29, 1.82) is 0 Å². The van der Waals surface area contributed by atoms with Crippen molar-refractivity contribution in [3.63, 3.8) is 0 Å². The second kappa shape index (κ2) is 14.5. The molecule has 0 radical (unpaired) electrons. The summed E-state index contributed by atoms with van der Waals surface area (Å²) in [6.45, 7) is 12.2. The van der Waals surface area contributed by atoms with Crippen LogP contribution in [-0.4, -0.2) is 82.9 Å². The highest BCUT2D eigenvalue weighted by molar-refractivity contribution is 7.10. The van der Waals surface area contributed by atoms with E-state index in [0.717, 1.165) is 49.7 Å². The van der Waals surface area contributed by atoms with E-state index in [9.17, 15) is 14.4 Å². The Kier molecular flexibility index (Phi) is 9.87. The molecule has 8 rings (SSSR count). The molecule has 3 aromatic heterocycles. The van der Waals surface area contributed by atoms with Crippen LogP contribution in [0.3, 0.4) is 0 Å². The highest BCUT2D eigenvalue weighted by Crippen LogP contribution is 2.46. The first-order valence-electron chi connectivity index (χ1n) is 19.2. The van der Waals surface area contributed by atoms with Crippen molar-refractivity contribution in [2.24, 2.45) is 23.2 Å². The number of carbonyl (C=O) groups excluding carboxylic acids is 3. The number of rotatable bonds is 6. The number of ether oxygens (including phenoxy) is 3. The van der Waals surface area contributed by atoms with Gasteiger partial charge in [0.15, 0.2) is 0 Å². The third-order valence-corrected chi connectivity index (χ3v) is 12.8. The van der Waals surface area contributed by atoms with Crippen molar-refractivity contribution in [2.75, 3.05) is 33.5 Å². The lowest BCUT2D eigenvalue weighted by Crippen LogP contribution is -2.60. The van der Waals surface area contributed by atoms with Crippen LogP contribution in [-0.2, 0) is 41.4 Å². The predicted molar refractivity (Wildman–Crippen MR) is 205 cm³/mol. The molecule has 4 aromatic rings. The van der Waals surface area contributed by atoms with Gasteiger partial charge in [-0.05, 0) is 67.9 Å². The number of hydrogen-bond donors (Lipinski definition) is 2. The Morgan fingerprint density at radius 2 is 1.96 bits per heavy atom. The fourth-order valence-electron chi connectivity index (χ4n) is 8.34. The molecule has 3 fully saturated rings. The number of cyclic esters (lactones) is 1. The molecule has 6 heterocycles. The molecule has 1 saturated carbocycles. The summed E-state index contributed by atoms with van der Waals surface area (Å²) < 4.78 is 20.1. The first kappa shape index (κ1) is 36.8. The van der Waals surface area contributed by atoms with Gasteiger partial charge in [0.2, 0.25) is 5.91 Å². The molecule has 286 valence electrons.